The van der Waals surface area contributed by atoms with E-state index in [1.54, 1.807) is 0 Å². The second kappa shape index (κ2) is 1.65. The van der Waals surface area contributed by atoms with Crippen molar-refractivity contribution in [1.82, 2.24) is 0 Å². The van der Waals surface area contributed by atoms with Gasteiger partial charge in [-0.3, -0.25) is 0 Å². The molecule has 2 aliphatic rings. The summed E-state index contributed by atoms with van der Waals surface area (Å²) in [5.74, 6) is -1.08. The number of aliphatic hydroxyl groups excluding tert-OH is 1. The Hall–Kier alpha value is -1.29. The molecule has 1 saturated heterocycles. The quantitative estimate of drug-likeness (QED) is 0.530. The third kappa shape index (κ3) is 0.642. The Labute approximate surface area is 62.4 Å². The molecule has 2 atom stereocenters. The van der Waals surface area contributed by atoms with E-state index in [9.17, 15) is 4.79 Å². The molecule has 0 bridgehead atoms. The molecule has 1 fully saturated rings. The predicted octanol–water partition coefficient (Wildman–Crippen LogP) is 0.220. The first-order valence-corrected chi connectivity index (χ1v) is 3.16. The van der Waals surface area contributed by atoms with E-state index in [1.165, 1.54) is 18.2 Å². The highest BCUT2D eigenvalue weighted by molar-refractivity contribution is 5.86. The van der Waals surface area contributed by atoms with Crippen molar-refractivity contribution in [2.24, 2.45) is 0 Å². The van der Waals surface area contributed by atoms with Gasteiger partial charge in [-0.25, -0.2) is 4.79 Å². The lowest BCUT2D eigenvalue weighted by molar-refractivity contribution is -0.141. The third-order valence-electron chi connectivity index (χ3n) is 1.86. The summed E-state index contributed by atoms with van der Waals surface area (Å²) in [6.07, 6.45) is 3.68. The number of carbonyl (C=O) groups is 1. The van der Waals surface area contributed by atoms with Crippen molar-refractivity contribution < 1.29 is 19.7 Å². The average molecular weight is 154 g/mol. The minimum absolute atomic E-state index is 0.0186. The SMILES string of the molecule is O=C(O)C12C=CC=C(O)C1O2. The van der Waals surface area contributed by atoms with Crippen LogP contribution in [0.5, 0.6) is 0 Å². The lowest BCUT2D eigenvalue weighted by Crippen LogP contribution is -2.26. The highest BCUT2D eigenvalue weighted by Gasteiger charge is 2.64. The van der Waals surface area contributed by atoms with Crippen LogP contribution in [0.1, 0.15) is 0 Å². The maximum Gasteiger partial charge on any atom is 0.343 e. The van der Waals surface area contributed by atoms with Crippen molar-refractivity contribution in [3.05, 3.63) is 24.0 Å². The minimum Gasteiger partial charge on any atom is -0.509 e. The number of ether oxygens (including phenoxy) is 1. The maximum atomic E-state index is 10.5. The van der Waals surface area contributed by atoms with E-state index in [0.29, 0.717) is 0 Å². The molecule has 0 aromatic carbocycles. The van der Waals surface area contributed by atoms with Gasteiger partial charge >= 0.3 is 5.97 Å². The maximum absolute atomic E-state index is 10.5. The van der Waals surface area contributed by atoms with Gasteiger partial charge in [-0.05, 0) is 12.2 Å². The van der Waals surface area contributed by atoms with Crippen LogP contribution in [0.15, 0.2) is 24.0 Å². The van der Waals surface area contributed by atoms with Crippen LogP contribution in [0.25, 0.3) is 0 Å². The first-order valence-electron chi connectivity index (χ1n) is 3.16. The topological polar surface area (TPSA) is 70.1 Å². The van der Waals surface area contributed by atoms with Crippen LogP contribution in [0.3, 0.4) is 0 Å². The van der Waals surface area contributed by atoms with Crippen LogP contribution < -0.4 is 0 Å². The summed E-state index contributed by atoms with van der Waals surface area (Å²) in [5, 5.41) is 17.7. The zero-order chi connectivity index (χ0) is 8.06. The normalized spacial score (nSPS) is 39.3. The Morgan fingerprint density at radius 2 is 2.45 bits per heavy atom. The van der Waals surface area contributed by atoms with Crippen LogP contribution in [0, 0.1) is 0 Å². The van der Waals surface area contributed by atoms with Gasteiger partial charge in [-0.2, -0.15) is 0 Å². The number of hydrogen-bond acceptors (Lipinski definition) is 3. The zero-order valence-electron chi connectivity index (χ0n) is 5.52. The molecule has 0 aromatic heterocycles. The van der Waals surface area contributed by atoms with E-state index in [-0.39, 0.29) is 5.76 Å². The smallest absolute Gasteiger partial charge is 0.343 e. The summed E-state index contributed by atoms with van der Waals surface area (Å²) >= 11 is 0. The van der Waals surface area contributed by atoms with Gasteiger partial charge in [0.15, 0.2) is 6.10 Å². The highest BCUT2D eigenvalue weighted by Crippen LogP contribution is 2.44. The van der Waals surface area contributed by atoms with E-state index in [0.717, 1.165) is 0 Å². The Kier molecular flexibility index (Phi) is 0.964. The summed E-state index contributed by atoms with van der Waals surface area (Å²) < 4.78 is 4.83. The number of aliphatic hydroxyl groups is 1. The molecule has 58 valence electrons. The number of fused-ring (bicyclic) bond motifs is 1. The summed E-state index contributed by atoms with van der Waals surface area (Å²) in [5.41, 5.74) is -1.27. The zero-order valence-corrected chi connectivity index (χ0v) is 5.52. The van der Waals surface area contributed by atoms with Crippen molar-refractivity contribution in [3.8, 4) is 0 Å². The third-order valence-corrected chi connectivity index (χ3v) is 1.86. The second-order valence-electron chi connectivity index (χ2n) is 2.55. The van der Waals surface area contributed by atoms with Gasteiger partial charge in [0.2, 0.25) is 5.60 Å². The molecule has 11 heavy (non-hydrogen) atoms. The second-order valence-corrected chi connectivity index (χ2v) is 2.55. The molecule has 4 nitrogen and oxygen atoms in total. The predicted molar refractivity (Wildman–Crippen MR) is 35.1 cm³/mol. The van der Waals surface area contributed by atoms with Gasteiger partial charge in [-0.15, -0.1) is 0 Å². The van der Waals surface area contributed by atoms with Gasteiger partial charge in [0.25, 0.3) is 0 Å². The number of allylic oxidation sites excluding steroid dienone is 2. The summed E-state index contributed by atoms with van der Waals surface area (Å²) in [6.45, 7) is 0. The first kappa shape index (κ1) is 6.42. The van der Waals surface area contributed by atoms with Gasteiger partial charge in [0.05, 0.1) is 0 Å². The summed E-state index contributed by atoms with van der Waals surface area (Å²) in [4.78, 5) is 10.5. The van der Waals surface area contributed by atoms with Crippen molar-refractivity contribution >= 4 is 5.97 Å². The van der Waals surface area contributed by atoms with Crippen LogP contribution in [0.4, 0.5) is 0 Å². The summed E-state index contributed by atoms with van der Waals surface area (Å²) in [7, 11) is 0. The molecule has 4 heteroatoms. The van der Waals surface area contributed by atoms with Crippen molar-refractivity contribution in [1.29, 1.82) is 0 Å². The number of epoxide rings is 1. The minimum atomic E-state index is -1.27. The molecule has 0 radical (unpaired) electrons. The number of carboxylic acid groups (broad SMARTS) is 1. The van der Waals surface area contributed by atoms with Gasteiger partial charge in [0.1, 0.15) is 5.76 Å². The molecule has 2 N–H and O–H groups in total. The lowest BCUT2D eigenvalue weighted by Gasteiger charge is -2.03. The van der Waals surface area contributed by atoms with Gasteiger partial charge in [-0.1, -0.05) is 6.08 Å². The largest absolute Gasteiger partial charge is 0.509 e. The molecule has 2 rings (SSSR count). The van der Waals surface area contributed by atoms with E-state index < -0.39 is 17.7 Å². The Balaban J connectivity index is 2.33. The van der Waals surface area contributed by atoms with E-state index in [2.05, 4.69) is 0 Å². The molecule has 1 aliphatic carbocycles. The number of rotatable bonds is 1. The van der Waals surface area contributed by atoms with Crippen molar-refractivity contribution in [3.63, 3.8) is 0 Å². The Morgan fingerprint density at radius 3 is 3.00 bits per heavy atom. The molecule has 0 spiro atoms. The molecule has 2 unspecified atom stereocenters. The van der Waals surface area contributed by atoms with Crippen molar-refractivity contribution in [2.45, 2.75) is 11.7 Å². The fraction of sp³-hybridized carbons (Fsp3) is 0.286. The van der Waals surface area contributed by atoms with Crippen LogP contribution in [0.2, 0.25) is 0 Å². The molecule has 1 heterocycles. The molecule has 0 aromatic rings. The van der Waals surface area contributed by atoms with Gasteiger partial charge in [0, 0.05) is 0 Å². The molecule has 0 saturated carbocycles. The Bertz CT molecular complexity index is 278. The Morgan fingerprint density at radius 1 is 1.73 bits per heavy atom. The number of carboxylic acids is 1. The van der Waals surface area contributed by atoms with E-state index in [1.807, 2.05) is 0 Å². The number of aliphatic carboxylic acids is 1. The summed E-state index contributed by atoms with van der Waals surface area (Å²) in [6, 6.07) is 0. The monoisotopic (exact) mass is 154 g/mol. The van der Waals surface area contributed by atoms with Crippen LogP contribution >= 0.6 is 0 Å². The van der Waals surface area contributed by atoms with E-state index >= 15 is 0 Å². The average Bonchev–Trinajstić information content (AvgIpc) is 2.64. The molecule has 1 aliphatic heterocycles. The molecule has 0 amide bonds. The van der Waals surface area contributed by atoms with Crippen LogP contribution in [-0.2, 0) is 9.53 Å². The standard InChI is InChI=1S/C7H6O4/c8-4-2-1-3-7(6(9)10)5(4)11-7/h1-3,5,8H,(H,9,10). The van der Waals surface area contributed by atoms with Gasteiger partial charge < -0.3 is 14.9 Å². The van der Waals surface area contributed by atoms with Crippen LogP contribution in [-0.4, -0.2) is 27.9 Å². The number of hydrogen-bond donors (Lipinski definition) is 2. The molecular weight excluding hydrogens is 148 g/mol. The highest BCUT2D eigenvalue weighted by atomic mass is 16.6. The lowest BCUT2D eigenvalue weighted by atomic mass is 10.00. The fourth-order valence-electron chi connectivity index (χ4n) is 1.18. The van der Waals surface area contributed by atoms with Crippen molar-refractivity contribution in [2.75, 3.05) is 0 Å². The molecular formula is C7H6O4. The van der Waals surface area contributed by atoms with E-state index in [4.69, 9.17) is 14.9 Å². The first-order chi connectivity index (χ1) is 5.17. The fourth-order valence-corrected chi connectivity index (χ4v) is 1.18.